The van der Waals surface area contributed by atoms with E-state index < -0.39 is 29.1 Å². The van der Waals surface area contributed by atoms with E-state index in [1.54, 1.807) is 24.3 Å². The highest BCUT2D eigenvalue weighted by molar-refractivity contribution is 5.38. The van der Waals surface area contributed by atoms with Crippen LogP contribution in [0.5, 0.6) is 17.2 Å². The van der Waals surface area contributed by atoms with Gasteiger partial charge < -0.3 is 9.47 Å². The van der Waals surface area contributed by atoms with E-state index in [9.17, 15) is 4.39 Å². The van der Waals surface area contributed by atoms with E-state index >= 15 is 13.2 Å². The largest absolute Gasteiger partial charge is 0.454 e. The topological polar surface area (TPSA) is 18.5 Å². The predicted octanol–water partition coefficient (Wildman–Crippen LogP) is 12.3. The molecule has 0 fully saturated rings. The van der Waals surface area contributed by atoms with E-state index in [4.69, 9.17) is 9.47 Å². The van der Waals surface area contributed by atoms with Crippen molar-refractivity contribution >= 4 is 0 Å². The fraction of sp³-hybridized carbons (Fsp3) is 0.514. The molecule has 0 aliphatic rings. The molecule has 0 N–H and O–H groups in total. The lowest BCUT2D eigenvalue weighted by atomic mass is 10.0. The third-order valence-electron chi connectivity index (χ3n) is 7.73. The first-order valence-electron chi connectivity index (χ1n) is 16.2. The van der Waals surface area contributed by atoms with Crippen molar-refractivity contribution in [2.45, 2.75) is 123 Å². The smallest absolute Gasteiger partial charge is 0.432 e. The molecular weight excluding hydrogens is 552 g/mol. The lowest BCUT2D eigenvalue weighted by Gasteiger charge is -2.20. The molecule has 43 heavy (non-hydrogen) atoms. The molecule has 0 aromatic heterocycles. The molecule has 0 aliphatic heterocycles. The molecular formula is C37H47F4O2. The summed E-state index contributed by atoms with van der Waals surface area (Å²) in [6.45, 7) is 4.40. The normalized spacial score (nSPS) is 11.6. The number of rotatable bonds is 21. The Morgan fingerprint density at radius 3 is 1.53 bits per heavy atom. The maximum Gasteiger partial charge on any atom is 0.432 e. The molecule has 2 nitrogen and oxygen atoms in total. The lowest BCUT2D eigenvalue weighted by Crippen LogP contribution is -2.25. The number of hydrogen-bond donors (Lipinski definition) is 0. The maximum absolute atomic E-state index is 15.2. The average Bonchev–Trinajstić information content (AvgIpc) is 2.99. The third kappa shape index (κ3) is 11.9. The maximum atomic E-state index is 15.2. The van der Waals surface area contributed by atoms with E-state index in [1.807, 2.05) is 12.1 Å². The summed E-state index contributed by atoms with van der Waals surface area (Å²) in [5, 5.41) is 0. The van der Waals surface area contributed by atoms with E-state index in [0.717, 1.165) is 43.2 Å². The van der Waals surface area contributed by atoms with Crippen molar-refractivity contribution in [2.24, 2.45) is 0 Å². The number of aryl methyl sites for hydroxylation is 2. The Morgan fingerprint density at radius 1 is 0.605 bits per heavy atom. The van der Waals surface area contributed by atoms with Crippen molar-refractivity contribution in [1.29, 1.82) is 0 Å². The van der Waals surface area contributed by atoms with Gasteiger partial charge in [-0.3, -0.25) is 0 Å². The standard InChI is InChI=1S/C37H47F4O2/c1-3-5-7-9-11-13-15-17-29-19-23-31(24-20-29)42-34-28-27-33(38)35(36(34)39)37(40,41)43-32-25-21-30(22-26-32)18-16-14-12-10-8-6-4-2/h19-27H,3-18H2,1-2H3. The summed E-state index contributed by atoms with van der Waals surface area (Å²) in [5.74, 6) is -3.57. The molecule has 0 aliphatic carbocycles. The van der Waals surface area contributed by atoms with Gasteiger partial charge in [-0.1, -0.05) is 115 Å². The van der Waals surface area contributed by atoms with Crippen LogP contribution in [0.15, 0.2) is 54.6 Å². The van der Waals surface area contributed by atoms with Crippen molar-refractivity contribution in [3.05, 3.63) is 89.0 Å². The highest BCUT2D eigenvalue weighted by Crippen LogP contribution is 2.39. The van der Waals surface area contributed by atoms with Gasteiger partial charge in [0.2, 0.25) is 0 Å². The molecule has 0 atom stereocenters. The fourth-order valence-electron chi connectivity index (χ4n) is 5.16. The molecule has 0 saturated carbocycles. The molecule has 1 radical (unpaired) electrons. The molecule has 3 aromatic carbocycles. The summed E-state index contributed by atoms with van der Waals surface area (Å²) in [5.41, 5.74) is 0.600. The van der Waals surface area contributed by atoms with Crippen LogP contribution in [-0.4, -0.2) is 0 Å². The second-order valence-corrected chi connectivity index (χ2v) is 11.4. The molecule has 0 unspecified atom stereocenters. The van der Waals surface area contributed by atoms with Crippen LogP contribution in [-0.2, 0) is 19.0 Å². The van der Waals surface area contributed by atoms with Crippen LogP contribution < -0.4 is 9.47 Å². The first-order valence-corrected chi connectivity index (χ1v) is 16.2. The molecule has 0 saturated heterocycles. The number of unbranched alkanes of at least 4 members (excludes halogenated alkanes) is 12. The fourth-order valence-corrected chi connectivity index (χ4v) is 5.16. The van der Waals surface area contributed by atoms with Gasteiger partial charge in [-0.2, -0.15) is 8.78 Å². The van der Waals surface area contributed by atoms with Crippen LogP contribution in [0.4, 0.5) is 17.6 Å². The van der Waals surface area contributed by atoms with Gasteiger partial charge in [-0.25, -0.2) is 8.78 Å². The highest BCUT2D eigenvalue weighted by Gasteiger charge is 2.42. The van der Waals surface area contributed by atoms with Gasteiger partial charge in [0.05, 0.1) is 0 Å². The Hall–Kier alpha value is -3.02. The Labute approximate surface area is 255 Å². The molecule has 3 aromatic rings. The van der Waals surface area contributed by atoms with Gasteiger partial charge in [0, 0.05) is 6.07 Å². The average molecular weight is 600 g/mol. The van der Waals surface area contributed by atoms with Gasteiger partial charge in [0.1, 0.15) is 22.9 Å². The minimum Gasteiger partial charge on any atom is -0.454 e. The second kappa shape index (κ2) is 18.6. The van der Waals surface area contributed by atoms with Crippen LogP contribution in [0.1, 0.15) is 120 Å². The van der Waals surface area contributed by atoms with Crippen molar-refractivity contribution in [1.82, 2.24) is 0 Å². The van der Waals surface area contributed by atoms with Gasteiger partial charge in [0.25, 0.3) is 0 Å². The molecule has 0 spiro atoms. The summed E-state index contributed by atoms with van der Waals surface area (Å²) in [4.78, 5) is 0. The molecule has 0 bridgehead atoms. The Morgan fingerprint density at radius 2 is 1.05 bits per heavy atom. The zero-order valence-electron chi connectivity index (χ0n) is 25.8. The number of ether oxygens (including phenoxy) is 2. The van der Waals surface area contributed by atoms with Gasteiger partial charge in [-0.15, -0.1) is 0 Å². The number of hydrogen-bond acceptors (Lipinski definition) is 2. The van der Waals surface area contributed by atoms with Crippen LogP contribution in [0.25, 0.3) is 0 Å². The van der Waals surface area contributed by atoms with Crippen LogP contribution >= 0.6 is 0 Å². The van der Waals surface area contributed by atoms with Gasteiger partial charge in [-0.05, 0) is 67.1 Å². The summed E-state index contributed by atoms with van der Waals surface area (Å²) in [6.07, 6.45) is 14.3. The SMILES string of the molecule is CCCCCCCCCc1ccc(Oc2[c]cc(F)c(C(F)(F)Oc3ccc(CCCCCCCCC)cc3)c2F)cc1. The van der Waals surface area contributed by atoms with Crippen molar-refractivity contribution in [2.75, 3.05) is 0 Å². The Balaban J connectivity index is 1.54. The second-order valence-electron chi connectivity index (χ2n) is 11.4. The molecule has 235 valence electrons. The van der Waals surface area contributed by atoms with E-state index in [0.29, 0.717) is 6.07 Å². The van der Waals surface area contributed by atoms with Crippen molar-refractivity contribution in [3.8, 4) is 17.2 Å². The van der Waals surface area contributed by atoms with Crippen LogP contribution in [0, 0.1) is 17.7 Å². The quantitative estimate of drug-likeness (QED) is 0.0896. The molecule has 0 amide bonds. The van der Waals surface area contributed by atoms with E-state index in [-0.39, 0.29) is 11.5 Å². The first-order chi connectivity index (χ1) is 20.8. The van der Waals surface area contributed by atoms with E-state index in [1.165, 1.54) is 82.8 Å². The number of halogens is 4. The number of alkyl halides is 2. The van der Waals surface area contributed by atoms with Crippen molar-refractivity contribution in [3.63, 3.8) is 0 Å². The minimum atomic E-state index is -4.26. The highest BCUT2D eigenvalue weighted by atomic mass is 19.3. The third-order valence-corrected chi connectivity index (χ3v) is 7.73. The lowest BCUT2D eigenvalue weighted by molar-refractivity contribution is -0.189. The monoisotopic (exact) mass is 599 g/mol. The van der Waals surface area contributed by atoms with Gasteiger partial charge in [0.15, 0.2) is 11.6 Å². The summed E-state index contributed by atoms with van der Waals surface area (Å²) < 4.78 is 70.1. The summed E-state index contributed by atoms with van der Waals surface area (Å²) in [6, 6.07) is 16.2. The van der Waals surface area contributed by atoms with Crippen molar-refractivity contribution < 1.29 is 27.0 Å². The Kier molecular flexibility index (Phi) is 14.9. The van der Waals surface area contributed by atoms with Crippen LogP contribution in [0.3, 0.4) is 0 Å². The minimum absolute atomic E-state index is 0.182. The zero-order valence-corrected chi connectivity index (χ0v) is 25.8. The number of benzene rings is 3. The zero-order chi connectivity index (χ0) is 30.9. The summed E-state index contributed by atoms with van der Waals surface area (Å²) >= 11 is 0. The molecule has 0 heterocycles. The van der Waals surface area contributed by atoms with Gasteiger partial charge >= 0.3 is 6.11 Å². The predicted molar refractivity (Wildman–Crippen MR) is 166 cm³/mol. The Bertz CT molecular complexity index is 1190. The van der Waals surface area contributed by atoms with Crippen LogP contribution in [0.2, 0.25) is 0 Å². The molecule has 3 rings (SSSR count). The van der Waals surface area contributed by atoms with E-state index in [2.05, 4.69) is 19.9 Å². The molecule has 6 heteroatoms. The first kappa shape index (κ1) is 34.5. The summed E-state index contributed by atoms with van der Waals surface area (Å²) in [7, 11) is 0.